The molecule has 5 N–H and O–H groups in total. The Balaban J connectivity index is 1.93. The number of carbonyl (C=O) groups is 1. The van der Waals surface area contributed by atoms with E-state index in [1.54, 1.807) is 6.92 Å². The van der Waals surface area contributed by atoms with Crippen LogP contribution in [-0.4, -0.2) is 60.5 Å². The number of rotatable bonds is 5. The Kier molecular flexibility index (Phi) is 6.08. The van der Waals surface area contributed by atoms with Crippen LogP contribution in [0.2, 0.25) is 0 Å². The maximum Gasteiger partial charge on any atom is 0.252 e. The molecule has 10 nitrogen and oxygen atoms in total. The molecule has 1 amide bonds. The van der Waals surface area contributed by atoms with E-state index < -0.39 is 30.4 Å². The van der Waals surface area contributed by atoms with Crippen molar-refractivity contribution in [1.82, 2.24) is 24.8 Å². The fraction of sp³-hybridized carbons (Fsp3) is 0.556. The van der Waals surface area contributed by atoms with Crippen molar-refractivity contribution >= 4 is 22.9 Å². The van der Waals surface area contributed by atoms with Crippen LogP contribution in [0.4, 0.5) is 5.82 Å². The van der Waals surface area contributed by atoms with Gasteiger partial charge in [-0.25, -0.2) is 15.0 Å². The predicted octanol–water partition coefficient (Wildman–Crippen LogP) is -0.294. The van der Waals surface area contributed by atoms with E-state index >= 15 is 0 Å². The van der Waals surface area contributed by atoms with Gasteiger partial charge in [0.15, 0.2) is 23.8 Å². The average molecular weight is 388 g/mol. The lowest BCUT2D eigenvalue weighted by atomic mass is 10.1. The highest BCUT2D eigenvalue weighted by Gasteiger charge is 2.47. The summed E-state index contributed by atoms with van der Waals surface area (Å²) in [5, 5.41) is 23.2. The average Bonchev–Trinajstić information content (AvgIpc) is 3.21. The standard InChI is InChI=1S/C18H24N6O4/c1-3-5-6-7-8-10-22-15(19)11-16(23-10)24(9-21-11)18-13(26)12(25)14(28-18)17(27)20-4-2/h9,12-14,18,25-26H,3-6H2,1-2H3,(H,20,27)(H2,19,22,23)/t12-,13+,14?,18?/m0/s1. The van der Waals surface area contributed by atoms with E-state index in [4.69, 9.17) is 10.5 Å². The first kappa shape index (κ1) is 20.0. The van der Waals surface area contributed by atoms with Gasteiger partial charge in [0.25, 0.3) is 5.91 Å². The van der Waals surface area contributed by atoms with E-state index in [2.05, 4.69) is 39.0 Å². The first-order valence-corrected chi connectivity index (χ1v) is 9.26. The van der Waals surface area contributed by atoms with Crippen LogP contribution >= 0.6 is 0 Å². The molecule has 3 rings (SSSR count). The number of nitrogens with two attached hydrogens (primary N) is 1. The number of ether oxygens (including phenoxy) is 1. The minimum absolute atomic E-state index is 0.150. The van der Waals surface area contributed by atoms with Gasteiger partial charge in [-0.15, -0.1) is 0 Å². The first-order chi connectivity index (χ1) is 13.5. The third kappa shape index (κ3) is 3.77. The number of anilines is 1. The van der Waals surface area contributed by atoms with Gasteiger partial charge >= 0.3 is 0 Å². The number of hydrogen-bond donors (Lipinski definition) is 4. The molecule has 1 aliphatic rings. The Morgan fingerprint density at radius 3 is 2.86 bits per heavy atom. The van der Waals surface area contributed by atoms with Gasteiger partial charge in [0.1, 0.15) is 17.7 Å². The van der Waals surface area contributed by atoms with Crippen LogP contribution in [0.3, 0.4) is 0 Å². The zero-order chi connectivity index (χ0) is 20.3. The number of amides is 1. The van der Waals surface area contributed by atoms with Crippen molar-refractivity contribution in [3.05, 3.63) is 12.2 Å². The highest BCUT2D eigenvalue weighted by Crippen LogP contribution is 2.32. The maximum atomic E-state index is 12.1. The minimum Gasteiger partial charge on any atom is -0.387 e. The molecule has 1 aliphatic heterocycles. The molecular weight excluding hydrogens is 364 g/mol. The van der Waals surface area contributed by atoms with Crippen LogP contribution in [-0.2, 0) is 9.53 Å². The Hall–Kier alpha value is -2.74. The van der Waals surface area contributed by atoms with Gasteiger partial charge in [-0.2, -0.15) is 0 Å². The molecule has 10 heteroatoms. The summed E-state index contributed by atoms with van der Waals surface area (Å²) in [6, 6.07) is 0. The lowest BCUT2D eigenvalue weighted by molar-refractivity contribution is -0.137. The molecule has 2 aromatic rings. The smallest absolute Gasteiger partial charge is 0.252 e. The highest BCUT2D eigenvalue weighted by molar-refractivity contribution is 5.83. The van der Waals surface area contributed by atoms with Gasteiger partial charge in [0.05, 0.1) is 6.33 Å². The Bertz CT molecular complexity index is 918. The number of fused-ring (bicyclic) bond motifs is 1. The Labute approximate surface area is 162 Å². The number of likely N-dealkylation sites (N-methyl/N-ethyl adjacent to an activating group) is 1. The normalized spacial score (nSPS) is 24.1. The number of nitrogens with one attached hydrogen (secondary N) is 1. The first-order valence-electron chi connectivity index (χ1n) is 9.26. The van der Waals surface area contributed by atoms with Crippen molar-refractivity contribution in [3.8, 4) is 11.8 Å². The fourth-order valence-corrected chi connectivity index (χ4v) is 2.97. The number of nitrogens with zero attached hydrogens (tertiary/aromatic N) is 4. The van der Waals surface area contributed by atoms with Crippen molar-refractivity contribution in [1.29, 1.82) is 0 Å². The summed E-state index contributed by atoms with van der Waals surface area (Å²) in [6.07, 6.45) is -0.874. The van der Waals surface area contributed by atoms with E-state index in [1.165, 1.54) is 10.9 Å². The predicted molar refractivity (Wildman–Crippen MR) is 101 cm³/mol. The molecule has 3 heterocycles. The molecule has 28 heavy (non-hydrogen) atoms. The molecule has 2 aromatic heterocycles. The molecule has 0 aromatic carbocycles. The van der Waals surface area contributed by atoms with Crippen LogP contribution in [0.15, 0.2) is 6.33 Å². The summed E-state index contributed by atoms with van der Waals surface area (Å²) < 4.78 is 7.05. The fourth-order valence-electron chi connectivity index (χ4n) is 2.97. The molecule has 0 radical (unpaired) electrons. The molecule has 150 valence electrons. The molecule has 0 bridgehead atoms. The molecule has 2 unspecified atom stereocenters. The van der Waals surface area contributed by atoms with E-state index in [0.717, 1.165) is 19.3 Å². The third-order valence-electron chi connectivity index (χ3n) is 4.43. The number of imidazole rings is 1. The summed E-state index contributed by atoms with van der Waals surface area (Å²) in [5.41, 5.74) is 6.60. The molecular formula is C18H24N6O4. The number of carbonyl (C=O) groups excluding carboxylic acids is 1. The number of nitrogen functional groups attached to an aromatic ring is 1. The van der Waals surface area contributed by atoms with Crippen molar-refractivity contribution in [2.45, 2.75) is 57.6 Å². The van der Waals surface area contributed by atoms with Crippen molar-refractivity contribution in [2.75, 3.05) is 12.3 Å². The maximum absolute atomic E-state index is 12.1. The quantitative estimate of drug-likeness (QED) is 0.403. The zero-order valence-corrected chi connectivity index (χ0v) is 15.8. The van der Waals surface area contributed by atoms with Crippen LogP contribution in [0.1, 0.15) is 45.2 Å². The summed E-state index contributed by atoms with van der Waals surface area (Å²) in [6.45, 7) is 4.21. The van der Waals surface area contributed by atoms with Gasteiger partial charge in [-0.05, 0) is 19.3 Å². The summed E-state index contributed by atoms with van der Waals surface area (Å²) in [7, 11) is 0. The Morgan fingerprint density at radius 1 is 1.36 bits per heavy atom. The third-order valence-corrected chi connectivity index (χ3v) is 4.43. The zero-order valence-electron chi connectivity index (χ0n) is 15.8. The number of aliphatic hydroxyl groups excluding tert-OH is 2. The van der Waals surface area contributed by atoms with Gasteiger partial charge in [-0.3, -0.25) is 9.36 Å². The lowest BCUT2D eigenvalue weighted by Gasteiger charge is -2.16. The number of hydrogen-bond acceptors (Lipinski definition) is 8. The largest absolute Gasteiger partial charge is 0.387 e. The van der Waals surface area contributed by atoms with Gasteiger partial charge < -0.3 is 26.0 Å². The minimum atomic E-state index is -1.39. The Morgan fingerprint density at radius 2 is 2.14 bits per heavy atom. The second-order valence-electron chi connectivity index (χ2n) is 6.48. The summed E-state index contributed by atoms with van der Waals surface area (Å²) >= 11 is 0. The number of unbranched alkanes of at least 4 members (excludes halogenated alkanes) is 2. The second kappa shape index (κ2) is 8.52. The van der Waals surface area contributed by atoms with Crippen molar-refractivity contribution < 1.29 is 19.7 Å². The van der Waals surface area contributed by atoms with Crippen LogP contribution in [0, 0.1) is 11.8 Å². The molecule has 0 aliphatic carbocycles. The summed E-state index contributed by atoms with van der Waals surface area (Å²) in [5.74, 6) is 5.75. The van der Waals surface area contributed by atoms with E-state index in [-0.39, 0.29) is 11.6 Å². The molecule has 0 saturated carbocycles. The highest BCUT2D eigenvalue weighted by atomic mass is 16.6. The van der Waals surface area contributed by atoms with E-state index in [1.807, 2.05) is 0 Å². The van der Waals surface area contributed by atoms with Gasteiger partial charge in [-0.1, -0.05) is 19.3 Å². The number of aromatic nitrogens is 4. The van der Waals surface area contributed by atoms with Crippen LogP contribution in [0.5, 0.6) is 0 Å². The van der Waals surface area contributed by atoms with Crippen molar-refractivity contribution in [2.24, 2.45) is 0 Å². The molecule has 0 spiro atoms. The van der Waals surface area contributed by atoms with Crippen LogP contribution in [0.25, 0.3) is 11.2 Å². The van der Waals surface area contributed by atoms with Crippen molar-refractivity contribution in [3.63, 3.8) is 0 Å². The molecule has 1 saturated heterocycles. The van der Waals surface area contributed by atoms with E-state index in [0.29, 0.717) is 17.7 Å². The SMILES string of the molecule is CCCCC#Cc1nc(N)c2ncn(C3OC(C(=O)NCC)[C@@H](O)[C@H]3O)c2n1. The van der Waals surface area contributed by atoms with Gasteiger partial charge in [0, 0.05) is 13.0 Å². The monoisotopic (exact) mass is 388 g/mol. The second-order valence-corrected chi connectivity index (χ2v) is 6.48. The van der Waals surface area contributed by atoms with E-state index in [9.17, 15) is 15.0 Å². The summed E-state index contributed by atoms with van der Waals surface area (Å²) in [4.78, 5) is 24.7. The van der Waals surface area contributed by atoms with Gasteiger partial charge in [0.2, 0.25) is 5.82 Å². The number of aliphatic hydroxyl groups is 2. The molecule has 4 atom stereocenters. The lowest BCUT2D eigenvalue weighted by Crippen LogP contribution is -2.42. The molecule has 1 fully saturated rings. The topological polar surface area (TPSA) is 148 Å². The van der Waals surface area contributed by atoms with Crippen LogP contribution < -0.4 is 11.1 Å².